The third kappa shape index (κ3) is 2.13. The van der Waals surface area contributed by atoms with Gasteiger partial charge in [-0.25, -0.2) is 0 Å². The lowest BCUT2D eigenvalue weighted by atomic mass is 9.74. The molecule has 0 atom stereocenters. The molecule has 1 aliphatic carbocycles. The number of nitriles is 1. The van der Waals surface area contributed by atoms with E-state index in [2.05, 4.69) is 11.2 Å². The Kier molecular flexibility index (Phi) is 3.31. The highest BCUT2D eigenvalue weighted by Crippen LogP contribution is 2.42. The smallest absolute Gasteiger partial charge is 0.399 e. The third-order valence-corrected chi connectivity index (χ3v) is 5.46. The van der Waals surface area contributed by atoms with E-state index in [1.165, 1.54) is 0 Å². The summed E-state index contributed by atoms with van der Waals surface area (Å²) < 4.78 is 14.0. The molecule has 0 bridgehead atoms. The first-order valence-corrected chi connectivity index (χ1v) is 7.79. The molecule has 2 heterocycles. The molecule has 1 saturated heterocycles. The number of hydrogen-bond donors (Lipinski definition) is 1. The van der Waals surface area contributed by atoms with Gasteiger partial charge in [0, 0.05) is 11.7 Å². The van der Waals surface area contributed by atoms with E-state index >= 15 is 0 Å². The molecule has 3 rings (SSSR count). The second-order valence-corrected chi connectivity index (χ2v) is 7.42. The summed E-state index contributed by atoms with van der Waals surface area (Å²) in [4.78, 5) is 0. The van der Waals surface area contributed by atoms with Crippen LogP contribution in [-0.2, 0) is 14.8 Å². The summed E-state index contributed by atoms with van der Waals surface area (Å²) in [5.41, 5.74) is 5.82. The Morgan fingerprint density at radius 1 is 1.32 bits per heavy atom. The average Bonchev–Trinajstić information content (AvgIpc) is 2.83. The highest BCUT2D eigenvalue weighted by atomic mass is 16.7. The molecule has 0 unspecified atom stereocenters. The van der Waals surface area contributed by atoms with E-state index < -0.39 is 18.3 Å². The fourth-order valence-electron chi connectivity index (χ4n) is 3.01. The van der Waals surface area contributed by atoms with Gasteiger partial charge >= 0.3 is 7.12 Å². The number of aromatic nitrogens is 2. The summed E-state index contributed by atoms with van der Waals surface area (Å²) in [5, 5.41) is 13.5. The molecular weight excluding hydrogens is 279 g/mol. The van der Waals surface area contributed by atoms with Crippen molar-refractivity contribution < 1.29 is 9.31 Å². The zero-order valence-corrected chi connectivity index (χ0v) is 13.7. The Morgan fingerprint density at radius 3 is 2.36 bits per heavy atom. The molecule has 1 aromatic rings. The first-order chi connectivity index (χ1) is 10.2. The molecule has 1 aliphatic heterocycles. The molecule has 0 amide bonds. The van der Waals surface area contributed by atoms with Crippen molar-refractivity contribution >= 4 is 18.4 Å². The second kappa shape index (κ2) is 4.74. The minimum atomic E-state index is -0.516. The number of rotatable bonds is 3. The molecule has 22 heavy (non-hydrogen) atoms. The van der Waals surface area contributed by atoms with Crippen LogP contribution in [0.4, 0.5) is 5.82 Å². The molecule has 0 spiro atoms. The third-order valence-electron chi connectivity index (χ3n) is 5.46. The first-order valence-electron chi connectivity index (χ1n) is 7.79. The number of nitrogen functional groups attached to an aromatic ring is 1. The zero-order chi connectivity index (χ0) is 16.2. The molecule has 7 heteroatoms. The monoisotopic (exact) mass is 302 g/mol. The van der Waals surface area contributed by atoms with Crippen LogP contribution in [0.15, 0.2) is 6.20 Å². The van der Waals surface area contributed by atoms with E-state index in [1.807, 2.05) is 38.6 Å². The number of hydrogen-bond acceptors (Lipinski definition) is 5. The molecule has 2 N–H and O–H groups in total. The number of anilines is 1. The predicted molar refractivity (Wildman–Crippen MR) is 84.4 cm³/mol. The normalized spacial score (nSPS) is 24.8. The van der Waals surface area contributed by atoms with Crippen molar-refractivity contribution in [2.75, 3.05) is 5.73 Å². The standard InChI is InChI=1S/C15H23BN4O2/c1-13(2)14(3,4)22-16(21-13)11-10-20(19-12(11)18)15(8-9-17)6-5-7-15/h10H,5-8H2,1-4H3,(H2,18,19). The maximum Gasteiger partial charge on any atom is 0.500 e. The topological polar surface area (TPSA) is 86.1 Å². The highest BCUT2D eigenvalue weighted by Gasteiger charge is 2.53. The summed E-state index contributed by atoms with van der Waals surface area (Å²) in [5.74, 6) is 0.419. The largest absolute Gasteiger partial charge is 0.500 e. The Balaban J connectivity index is 1.90. The van der Waals surface area contributed by atoms with Crippen LogP contribution in [0.1, 0.15) is 53.4 Å². The van der Waals surface area contributed by atoms with Gasteiger partial charge in [-0.05, 0) is 47.0 Å². The van der Waals surface area contributed by atoms with Crippen molar-refractivity contribution in [2.24, 2.45) is 0 Å². The van der Waals surface area contributed by atoms with Crippen LogP contribution in [0.3, 0.4) is 0 Å². The van der Waals surface area contributed by atoms with Crippen LogP contribution in [0.5, 0.6) is 0 Å². The second-order valence-electron chi connectivity index (χ2n) is 7.42. The lowest BCUT2D eigenvalue weighted by Crippen LogP contribution is -2.41. The van der Waals surface area contributed by atoms with Gasteiger partial charge in [0.05, 0.1) is 29.2 Å². The van der Waals surface area contributed by atoms with Crippen molar-refractivity contribution in [3.8, 4) is 6.07 Å². The Labute approximate surface area is 131 Å². The van der Waals surface area contributed by atoms with Gasteiger partial charge in [-0.2, -0.15) is 10.4 Å². The van der Waals surface area contributed by atoms with E-state index in [0.717, 1.165) is 24.7 Å². The quantitative estimate of drug-likeness (QED) is 0.856. The van der Waals surface area contributed by atoms with E-state index in [4.69, 9.17) is 20.3 Å². The Hall–Kier alpha value is -1.52. The predicted octanol–water partition coefficient (Wildman–Crippen LogP) is 1.56. The van der Waals surface area contributed by atoms with E-state index in [-0.39, 0.29) is 5.54 Å². The van der Waals surface area contributed by atoms with E-state index in [0.29, 0.717) is 12.2 Å². The number of nitrogens with zero attached hydrogens (tertiary/aromatic N) is 3. The van der Waals surface area contributed by atoms with Crippen LogP contribution in [0, 0.1) is 11.3 Å². The molecule has 1 aromatic heterocycles. The lowest BCUT2D eigenvalue weighted by Gasteiger charge is -2.40. The molecular formula is C15H23BN4O2. The first kappa shape index (κ1) is 15.4. The minimum Gasteiger partial charge on any atom is -0.399 e. The van der Waals surface area contributed by atoms with Crippen LogP contribution in [-0.4, -0.2) is 28.1 Å². The fraction of sp³-hybridized carbons (Fsp3) is 0.733. The average molecular weight is 302 g/mol. The fourth-order valence-corrected chi connectivity index (χ4v) is 3.01. The zero-order valence-electron chi connectivity index (χ0n) is 13.7. The summed E-state index contributed by atoms with van der Waals surface area (Å²) in [7, 11) is -0.516. The summed E-state index contributed by atoms with van der Waals surface area (Å²) in [6.07, 6.45) is 5.40. The Bertz CT molecular complexity index is 612. The van der Waals surface area contributed by atoms with E-state index in [9.17, 15) is 0 Å². The lowest BCUT2D eigenvalue weighted by molar-refractivity contribution is 0.00578. The number of nitrogens with two attached hydrogens (primary N) is 1. The van der Waals surface area contributed by atoms with Gasteiger partial charge in [0.25, 0.3) is 0 Å². The minimum absolute atomic E-state index is 0.204. The maximum atomic E-state index is 9.08. The van der Waals surface area contributed by atoms with Crippen molar-refractivity contribution in [1.82, 2.24) is 9.78 Å². The molecule has 6 nitrogen and oxygen atoms in total. The van der Waals surface area contributed by atoms with Crippen LogP contribution in [0.2, 0.25) is 0 Å². The van der Waals surface area contributed by atoms with Crippen molar-refractivity contribution in [3.63, 3.8) is 0 Å². The molecule has 118 valence electrons. The van der Waals surface area contributed by atoms with Gasteiger partial charge in [0.1, 0.15) is 5.82 Å². The van der Waals surface area contributed by atoms with Gasteiger partial charge in [-0.15, -0.1) is 0 Å². The molecule has 1 saturated carbocycles. The molecule has 2 fully saturated rings. The summed E-state index contributed by atoms with van der Waals surface area (Å²) >= 11 is 0. The van der Waals surface area contributed by atoms with Crippen LogP contribution < -0.4 is 11.2 Å². The van der Waals surface area contributed by atoms with Crippen LogP contribution >= 0.6 is 0 Å². The van der Waals surface area contributed by atoms with Crippen molar-refractivity contribution in [2.45, 2.75) is 70.1 Å². The van der Waals surface area contributed by atoms with E-state index in [1.54, 1.807) is 0 Å². The maximum absolute atomic E-state index is 9.08. The molecule has 2 aliphatic rings. The Morgan fingerprint density at radius 2 is 1.91 bits per heavy atom. The van der Waals surface area contributed by atoms with Crippen molar-refractivity contribution in [3.05, 3.63) is 6.20 Å². The van der Waals surface area contributed by atoms with Crippen molar-refractivity contribution in [1.29, 1.82) is 5.26 Å². The molecule has 0 aromatic carbocycles. The van der Waals surface area contributed by atoms with Gasteiger partial charge in [0.2, 0.25) is 0 Å². The SMILES string of the molecule is CC1(C)OB(c2cn(C3(CC#N)CCC3)nc2N)OC1(C)C. The summed E-state index contributed by atoms with van der Waals surface area (Å²) in [6.45, 7) is 8.04. The summed E-state index contributed by atoms with van der Waals surface area (Å²) in [6, 6.07) is 2.27. The highest BCUT2D eigenvalue weighted by molar-refractivity contribution is 6.63. The van der Waals surface area contributed by atoms with Gasteiger partial charge < -0.3 is 15.0 Å². The van der Waals surface area contributed by atoms with Gasteiger partial charge in [-0.3, -0.25) is 4.68 Å². The van der Waals surface area contributed by atoms with Gasteiger partial charge in [0.15, 0.2) is 0 Å². The molecule has 0 radical (unpaired) electrons. The van der Waals surface area contributed by atoms with Gasteiger partial charge in [-0.1, -0.05) is 0 Å². The van der Waals surface area contributed by atoms with Crippen LogP contribution in [0.25, 0.3) is 0 Å².